The molecule has 0 radical (unpaired) electrons. The van der Waals surface area contributed by atoms with E-state index in [0.717, 1.165) is 11.8 Å². The molecule has 1 heterocycles. The van der Waals surface area contributed by atoms with Gasteiger partial charge in [-0.05, 0) is 43.2 Å². The molecule has 2 amide bonds. The Morgan fingerprint density at radius 2 is 1.75 bits per heavy atom. The van der Waals surface area contributed by atoms with Crippen molar-refractivity contribution in [3.63, 3.8) is 0 Å². The van der Waals surface area contributed by atoms with Crippen molar-refractivity contribution < 1.29 is 32.2 Å². The van der Waals surface area contributed by atoms with Gasteiger partial charge >= 0.3 is 0 Å². The first-order valence-electron chi connectivity index (χ1n) is 11.7. The minimum Gasteiger partial charge on any atom is -0.497 e. The predicted octanol–water partition coefficient (Wildman–Crippen LogP) is 2.18. The van der Waals surface area contributed by atoms with Gasteiger partial charge in [0.05, 0.1) is 19.1 Å². The van der Waals surface area contributed by atoms with E-state index in [-0.39, 0.29) is 37.7 Å². The van der Waals surface area contributed by atoms with Crippen LogP contribution in [0.3, 0.4) is 0 Å². The Kier molecular flexibility index (Phi) is 9.03. The molecule has 0 aromatic heterocycles. The summed E-state index contributed by atoms with van der Waals surface area (Å²) in [4.78, 5) is 27.0. The second-order valence-corrected chi connectivity index (χ2v) is 10.3. The lowest BCUT2D eigenvalue weighted by Gasteiger charge is -2.29. The number of carbonyl (C=O) groups excluding carboxylic acids is 2. The maximum atomic E-state index is 13.2. The van der Waals surface area contributed by atoms with Gasteiger partial charge in [-0.3, -0.25) is 13.9 Å². The van der Waals surface area contributed by atoms with Gasteiger partial charge in [0, 0.05) is 32.6 Å². The molecular formula is C25H33N3O7S. The maximum absolute atomic E-state index is 13.2. The fraction of sp³-hybridized carbons (Fsp3) is 0.440. The van der Waals surface area contributed by atoms with Gasteiger partial charge in [-0.15, -0.1) is 0 Å². The molecule has 1 aliphatic heterocycles. The molecule has 1 atom stereocenters. The average molecular weight is 520 g/mol. The molecule has 196 valence electrons. The van der Waals surface area contributed by atoms with E-state index in [9.17, 15) is 18.0 Å². The van der Waals surface area contributed by atoms with Gasteiger partial charge in [0.25, 0.3) is 0 Å². The number of benzene rings is 2. The highest BCUT2D eigenvalue weighted by Crippen LogP contribution is 2.34. The number of nitrogens with one attached hydrogen (secondary N) is 1. The van der Waals surface area contributed by atoms with Crippen LogP contribution in [0.4, 0.5) is 5.69 Å². The number of anilines is 1. The molecule has 0 fully saturated rings. The Balaban J connectivity index is 1.72. The molecule has 0 saturated carbocycles. The van der Waals surface area contributed by atoms with Crippen molar-refractivity contribution in [3.05, 3.63) is 48.0 Å². The van der Waals surface area contributed by atoms with Gasteiger partial charge in [-0.1, -0.05) is 12.1 Å². The average Bonchev–Trinajstić information content (AvgIpc) is 2.88. The van der Waals surface area contributed by atoms with Crippen molar-refractivity contribution in [3.8, 4) is 17.2 Å². The molecule has 11 heteroatoms. The number of nitrogens with zero attached hydrogens (tertiary/aromatic N) is 2. The number of carbonyl (C=O) groups is 2. The number of fused-ring (bicyclic) bond motifs is 1. The number of sulfonamides is 1. The van der Waals surface area contributed by atoms with Crippen LogP contribution in [-0.2, 0) is 26.2 Å². The van der Waals surface area contributed by atoms with E-state index in [1.165, 1.54) is 16.3 Å². The lowest BCUT2D eigenvalue weighted by atomic mass is 10.1. The van der Waals surface area contributed by atoms with Gasteiger partial charge in [0.1, 0.15) is 25.0 Å². The molecule has 2 aromatic carbocycles. The van der Waals surface area contributed by atoms with Crippen LogP contribution in [0.25, 0.3) is 0 Å². The Morgan fingerprint density at radius 3 is 2.36 bits per heavy atom. The number of rotatable bonds is 11. The number of ether oxygens (including phenoxy) is 3. The van der Waals surface area contributed by atoms with Gasteiger partial charge < -0.3 is 24.4 Å². The number of hydrogen-bond donors (Lipinski definition) is 1. The summed E-state index contributed by atoms with van der Waals surface area (Å²) in [7, 11) is -0.523. The molecule has 2 aromatic rings. The van der Waals surface area contributed by atoms with Crippen molar-refractivity contribution in [1.29, 1.82) is 0 Å². The largest absolute Gasteiger partial charge is 0.497 e. The second-order valence-electron chi connectivity index (χ2n) is 8.43. The van der Waals surface area contributed by atoms with Crippen molar-refractivity contribution >= 4 is 27.5 Å². The smallest absolute Gasteiger partial charge is 0.242 e. The highest BCUT2D eigenvalue weighted by molar-refractivity contribution is 7.92. The third-order valence-corrected chi connectivity index (χ3v) is 7.09. The Labute approximate surface area is 212 Å². The fourth-order valence-electron chi connectivity index (χ4n) is 3.91. The van der Waals surface area contributed by atoms with E-state index in [2.05, 4.69) is 5.32 Å². The quantitative estimate of drug-likeness (QED) is 0.484. The standard InChI is InChI=1S/C25H33N3O7S/c1-18(25(30)26-2)27(17-19-7-10-21(33-3)11-8-19)24(29)6-5-13-28(36(4,31)32)20-9-12-22-23(16-20)35-15-14-34-22/h7-12,16,18H,5-6,13-15,17H2,1-4H3,(H,26,30)/t18-/m1/s1. The molecule has 0 saturated heterocycles. The van der Waals surface area contributed by atoms with Gasteiger partial charge in [-0.25, -0.2) is 8.42 Å². The van der Waals surface area contributed by atoms with E-state index >= 15 is 0 Å². The molecular weight excluding hydrogens is 486 g/mol. The molecule has 10 nitrogen and oxygen atoms in total. The molecule has 0 unspecified atom stereocenters. The monoisotopic (exact) mass is 519 g/mol. The first-order chi connectivity index (χ1) is 17.1. The third-order valence-electron chi connectivity index (χ3n) is 5.89. The Bertz CT molecular complexity index is 1170. The summed E-state index contributed by atoms with van der Waals surface area (Å²) in [6, 6.07) is 11.5. The zero-order valence-corrected chi connectivity index (χ0v) is 21.8. The lowest BCUT2D eigenvalue weighted by Crippen LogP contribution is -2.46. The zero-order valence-electron chi connectivity index (χ0n) is 21.0. The summed E-state index contributed by atoms with van der Waals surface area (Å²) < 4.78 is 42.6. The van der Waals surface area contributed by atoms with Crippen LogP contribution in [0.1, 0.15) is 25.3 Å². The van der Waals surface area contributed by atoms with Gasteiger partial charge in [0.2, 0.25) is 21.8 Å². The summed E-state index contributed by atoms with van der Waals surface area (Å²) in [5, 5.41) is 2.58. The fourth-order valence-corrected chi connectivity index (χ4v) is 4.87. The zero-order chi connectivity index (χ0) is 26.3. The molecule has 36 heavy (non-hydrogen) atoms. The van der Waals surface area contributed by atoms with Crippen molar-refractivity contribution in [2.45, 2.75) is 32.4 Å². The van der Waals surface area contributed by atoms with Crippen LogP contribution in [0, 0.1) is 0 Å². The van der Waals surface area contributed by atoms with Gasteiger partial charge in [0.15, 0.2) is 11.5 Å². The van der Waals surface area contributed by atoms with Crippen LogP contribution in [-0.4, -0.2) is 71.3 Å². The number of methoxy groups -OCH3 is 1. The molecule has 1 aliphatic rings. The first kappa shape index (κ1) is 27.1. The minimum absolute atomic E-state index is 0.0636. The Hall–Kier alpha value is -3.47. The summed E-state index contributed by atoms with van der Waals surface area (Å²) >= 11 is 0. The summed E-state index contributed by atoms with van der Waals surface area (Å²) in [5.41, 5.74) is 1.27. The maximum Gasteiger partial charge on any atom is 0.242 e. The molecule has 3 rings (SSSR count). The summed E-state index contributed by atoms with van der Waals surface area (Å²) in [6.45, 7) is 2.81. The van der Waals surface area contributed by atoms with E-state index in [1.54, 1.807) is 44.4 Å². The third kappa shape index (κ3) is 6.81. The molecule has 0 bridgehead atoms. The molecule has 0 spiro atoms. The molecule has 0 aliphatic carbocycles. The van der Waals surface area contributed by atoms with E-state index in [1.807, 2.05) is 12.1 Å². The van der Waals surface area contributed by atoms with Crippen LogP contribution in [0.2, 0.25) is 0 Å². The predicted molar refractivity (Wildman–Crippen MR) is 136 cm³/mol. The van der Waals surface area contributed by atoms with Crippen molar-refractivity contribution in [2.75, 3.05) is 44.5 Å². The lowest BCUT2D eigenvalue weighted by molar-refractivity contribution is -0.140. The normalized spacial score (nSPS) is 13.4. The SMILES string of the molecule is CNC(=O)[C@@H](C)N(Cc1ccc(OC)cc1)C(=O)CCCN(c1ccc2c(c1)OCCO2)S(C)(=O)=O. The minimum atomic E-state index is -3.62. The molecule has 1 N–H and O–H groups in total. The second kappa shape index (κ2) is 12.0. The first-order valence-corrected chi connectivity index (χ1v) is 13.5. The highest BCUT2D eigenvalue weighted by Gasteiger charge is 2.26. The van der Waals surface area contributed by atoms with E-state index in [4.69, 9.17) is 14.2 Å². The van der Waals surface area contributed by atoms with E-state index < -0.39 is 16.1 Å². The number of hydrogen-bond acceptors (Lipinski definition) is 7. The summed E-state index contributed by atoms with van der Waals surface area (Å²) in [5.74, 6) is 1.19. The van der Waals surface area contributed by atoms with E-state index in [0.29, 0.717) is 36.1 Å². The van der Waals surface area contributed by atoms with Crippen LogP contribution >= 0.6 is 0 Å². The van der Waals surface area contributed by atoms with Crippen LogP contribution in [0.15, 0.2) is 42.5 Å². The topological polar surface area (TPSA) is 114 Å². The summed E-state index contributed by atoms with van der Waals surface area (Å²) in [6.07, 6.45) is 1.45. The number of amides is 2. The highest BCUT2D eigenvalue weighted by atomic mass is 32.2. The van der Waals surface area contributed by atoms with Crippen LogP contribution in [0.5, 0.6) is 17.2 Å². The number of likely N-dealkylation sites (N-methyl/N-ethyl adjacent to an activating group) is 1. The van der Waals surface area contributed by atoms with Crippen molar-refractivity contribution in [2.24, 2.45) is 0 Å². The van der Waals surface area contributed by atoms with Gasteiger partial charge in [-0.2, -0.15) is 0 Å². The van der Waals surface area contributed by atoms with Crippen LogP contribution < -0.4 is 23.8 Å². The Morgan fingerprint density at radius 1 is 1.08 bits per heavy atom. The van der Waals surface area contributed by atoms with Crippen molar-refractivity contribution in [1.82, 2.24) is 10.2 Å².